The fourth-order valence-electron chi connectivity index (χ4n) is 3.78. The lowest BCUT2D eigenvalue weighted by Crippen LogP contribution is -2.38. The number of carbonyl (C=O) groups excluding carboxylic acids is 1. The van der Waals surface area contributed by atoms with E-state index >= 15 is 0 Å². The van der Waals surface area contributed by atoms with Crippen molar-refractivity contribution in [1.82, 2.24) is 0 Å². The van der Waals surface area contributed by atoms with Gasteiger partial charge >= 0.3 is 0 Å². The van der Waals surface area contributed by atoms with Gasteiger partial charge in [-0.25, -0.2) is 0 Å². The molecule has 1 fully saturated rings. The van der Waals surface area contributed by atoms with Crippen LogP contribution in [0.3, 0.4) is 0 Å². The molecule has 1 aromatic rings. The van der Waals surface area contributed by atoms with Crippen molar-refractivity contribution in [2.45, 2.75) is 51.4 Å². The minimum atomic E-state index is -0.369. The van der Waals surface area contributed by atoms with Gasteiger partial charge in [0.05, 0.1) is 12.2 Å². The van der Waals surface area contributed by atoms with Crippen molar-refractivity contribution in [3.05, 3.63) is 29.3 Å². The van der Waals surface area contributed by atoms with E-state index in [0.29, 0.717) is 13.2 Å². The van der Waals surface area contributed by atoms with Crippen LogP contribution in [0.15, 0.2) is 18.2 Å². The summed E-state index contributed by atoms with van der Waals surface area (Å²) in [4.78, 5) is 13.2. The Morgan fingerprint density at radius 3 is 2.62 bits per heavy atom. The van der Waals surface area contributed by atoms with Crippen LogP contribution in [-0.2, 0) is 6.42 Å². The largest absolute Gasteiger partial charge is 0.493 e. The number of para-hydroxylation sites is 1. The van der Waals surface area contributed by atoms with Crippen molar-refractivity contribution in [1.29, 1.82) is 0 Å². The quantitative estimate of drug-likeness (QED) is 0.684. The fraction of sp³-hybridized carbons (Fsp3) is 0.611. The van der Waals surface area contributed by atoms with Crippen LogP contribution < -0.4 is 10.5 Å². The van der Waals surface area contributed by atoms with Crippen LogP contribution in [0, 0.1) is 5.41 Å². The maximum Gasteiger partial charge on any atom is 0.173 e. The van der Waals surface area contributed by atoms with Gasteiger partial charge in [-0.2, -0.15) is 0 Å². The third kappa shape index (κ3) is 2.71. The first-order valence-electron chi connectivity index (χ1n) is 8.26. The van der Waals surface area contributed by atoms with E-state index in [1.54, 1.807) is 0 Å². The van der Waals surface area contributed by atoms with Gasteiger partial charge < -0.3 is 10.5 Å². The van der Waals surface area contributed by atoms with Crippen molar-refractivity contribution in [3.63, 3.8) is 0 Å². The number of hydrogen-bond acceptors (Lipinski definition) is 3. The molecule has 1 aromatic carbocycles. The first kappa shape index (κ1) is 14.6. The summed E-state index contributed by atoms with van der Waals surface area (Å²) in [6.45, 7) is 1.17. The number of ketones is 1. The molecule has 0 unspecified atom stereocenters. The number of ether oxygens (including phenoxy) is 1. The first-order chi connectivity index (χ1) is 10.3. The van der Waals surface area contributed by atoms with Gasteiger partial charge in [-0.3, -0.25) is 4.79 Å². The molecule has 21 heavy (non-hydrogen) atoms. The van der Waals surface area contributed by atoms with E-state index in [4.69, 9.17) is 10.5 Å². The third-order valence-electron chi connectivity index (χ3n) is 5.11. The van der Waals surface area contributed by atoms with Crippen LogP contribution in [0.2, 0.25) is 0 Å². The summed E-state index contributed by atoms with van der Waals surface area (Å²) in [5.41, 5.74) is 7.63. The molecule has 3 nitrogen and oxygen atoms in total. The van der Waals surface area contributed by atoms with E-state index in [2.05, 4.69) is 6.07 Å². The smallest absolute Gasteiger partial charge is 0.173 e. The fourth-order valence-corrected chi connectivity index (χ4v) is 3.78. The number of benzene rings is 1. The minimum Gasteiger partial charge on any atom is -0.493 e. The van der Waals surface area contributed by atoms with Gasteiger partial charge in [0.25, 0.3) is 0 Å². The Bertz CT molecular complexity index is 516. The van der Waals surface area contributed by atoms with Crippen molar-refractivity contribution < 1.29 is 9.53 Å². The number of nitrogens with two attached hydrogens (primary N) is 1. The zero-order valence-electron chi connectivity index (χ0n) is 12.7. The first-order valence-corrected chi connectivity index (χ1v) is 8.26. The number of aryl methyl sites for hydroxylation is 1. The minimum absolute atomic E-state index is 0.214. The number of fused-ring (bicyclic) bond motifs is 1. The van der Waals surface area contributed by atoms with Gasteiger partial charge in [-0.05, 0) is 37.3 Å². The summed E-state index contributed by atoms with van der Waals surface area (Å²) in [6.07, 6.45) is 8.55. The second-order valence-corrected chi connectivity index (χ2v) is 6.47. The molecule has 1 heterocycles. The molecule has 0 bridgehead atoms. The maximum absolute atomic E-state index is 13.2. The Balaban J connectivity index is 1.96. The van der Waals surface area contributed by atoms with Gasteiger partial charge in [-0.1, -0.05) is 37.8 Å². The van der Waals surface area contributed by atoms with E-state index < -0.39 is 0 Å². The summed E-state index contributed by atoms with van der Waals surface area (Å²) in [5.74, 6) is 1.04. The average Bonchev–Trinajstić information content (AvgIpc) is 2.80. The van der Waals surface area contributed by atoms with Gasteiger partial charge in [-0.15, -0.1) is 0 Å². The van der Waals surface area contributed by atoms with E-state index in [0.717, 1.165) is 49.8 Å². The standard InChI is InChI=1S/C18H25NO2/c19-13-18(10-3-1-2-4-11-18)17(20)15-9-5-7-14-8-6-12-21-16(14)15/h5,7,9H,1-4,6,8,10-13,19H2. The molecule has 114 valence electrons. The van der Waals surface area contributed by atoms with Crippen molar-refractivity contribution in [3.8, 4) is 5.75 Å². The van der Waals surface area contributed by atoms with E-state index in [1.807, 2.05) is 12.1 Å². The summed E-state index contributed by atoms with van der Waals surface area (Å²) >= 11 is 0. The zero-order chi connectivity index (χ0) is 14.7. The highest BCUT2D eigenvalue weighted by molar-refractivity contribution is 6.03. The van der Waals surface area contributed by atoms with E-state index in [-0.39, 0.29) is 11.2 Å². The van der Waals surface area contributed by atoms with Gasteiger partial charge in [0.1, 0.15) is 5.75 Å². The topological polar surface area (TPSA) is 52.3 Å². The molecule has 0 radical (unpaired) electrons. The van der Waals surface area contributed by atoms with Gasteiger partial charge in [0, 0.05) is 12.0 Å². The Morgan fingerprint density at radius 2 is 1.90 bits per heavy atom. The molecular formula is C18H25NO2. The lowest BCUT2D eigenvalue weighted by atomic mass is 9.74. The number of Topliss-reactive ketones (excluding diaryl/α,β-unsaturated/α-hetero) is 1. The lowest BCUT2D eigenvalue weighted by molar-refractivity contribution is 0.0769. The van der Waals surface area contributed by atoms with Gasteiger partial charge in [0.2, 0.25) is 0 Å². The maximum atomic E-state index is 13.2. The Morgan fingerprint density at radius 1 is 1.14 bits per heavy atom. The molecule has 1 saturated carbocycles. The zero-order valence-corrected chi connectivity index (χ0v) is 12.7. The summed E-state index contributed by atoms with van der Waals surface area (Å²) in [6, 6.07) is 5.99. The molecule has 0 spiro atoms. The molecule has 3 heteroatoms. The van der Waals surface area contributed by atoms with Crippen LogP contribution in [-0.4, -0.2) is 18.9 Å². The second kappa shape index (κ2) is 6.18. The second-order valence-electron chi connectivity index (χ2n) is 6.47. The van der Waals surface area contributed by atoms with Crippen LogP contribution >= 0.6 is 0 Å². The van der Waals surface area contributed by atoms with Crippen molar-refractivity contribution in [2.24, 2.45) is 11.1 Å². The number of rotatable bonds is 3. The predicted octanol–water partition coefficient (Wildman–Crippen LogP) is 3.49. The Hall–Kier alpha value is -1.35. The molecule has 0 aromatic heterocycles. The summed E-state index contributed by atoms with van der Waals surface area (Å²) in [7, 11) is 0. The molecule has 2 aliphatic rings. The highest BCUT2D eigenvalue weighted by Crippen LogP contribution is 2.40. The summed E-state index contributed by atoms with van der Waals surface area (Å²) in [5, 5.41) is 0. The molecule has 0 saturated heterocycles. The number of carbonyl (C=O) groups is 1. The third-order valence-corrected chi connectivity index (χ3v) is 5.11. The van der Waals surface area contributed by atoms with Crippen LogP contribution in [0.4, 0.5) is 0 Å². The highest BCUT2D eigenvalue weighted by Gasteiger charge is 2.39. The number of hydrogen-bond donors (Lipinski definition) is 1. The lowest BCUT2D eigenvalue weighted by Gasteiger charge is -2.31. The van der Waals surface area contributed by atoms with Crippen LogP contribution in [0.5, 0.6) is 5.75 Å². The van der Waals surface area contributed by atoms with Crippen LogP contribution in [0.25, 0.3) is 0 Å². The molecule has 1 aliphatic heterocycles. The molecule has 0 atom stereocenters. The van der Waals surface area contributed by atoms with E-state index in [1.165, 1.54) is 18.4 Å². The molecule has 3 rings (SSSR count). The van der Waals surface area contributed by atoms with E-state index in [9.17, 15) is 4.79 Å². The molecule has 2 N–H and O–H groups in total. The normalized spacial score (nSPS) is 21.0. The predicted molar refractivity (Wildman–Crippen MR) is 83.8 cm³/mol. The van der Waals surface area contributed by atoms with Gasteiger partial charge in [0.15, 0.2) is 5.78 Å². The van der Waals surface area contributed by atoms with Crippen molar-refractivity contribution >= 4 is 5.78 Å². The average molecular weight is 287 g/mol. The molecular weight excluding hydrogens is 262 g/mol. The summed E-state index contributed by atoms with van der Waals surface area (Å²) < 4.78 is 5.83. The van der Waals surface area contributed by atoms with Crippen molar-refractivity contribution in [2.75, 3.05) is 13.2 Å². The SMILES string of the molecule is NCC1(C(=O)c2cccc3c2OCCC3)CCCCCC1. The highest BCUT2D eigenvalue weighted by atomic mass is 16.5. The molecule has 0 amide bonds. The Kier molecular flexibility index (Phi) is 4.29. The van der Waals surface area contributed by atoms with Crippen LogP contribution in [0.1, 0.15) is 60.9 Å². The molecule has 1 aliphatic carbocycles. The monoisotopic (exact) mass is 287 g/mol. The Labute approximate surface area is 126 Å².